The molecule has 4 nitrogen and oxygen atoms in total. The second-order valence-electron chi connectivity index (χ2n) is 5.84. The molecule has 0 bridgehead atoms. The highest BCUT2D eigenvalue weighted by molar-refractivity contribution is 5.82. The highest BCUT2D eigenvalue weighted by Gasteiger charge is 2.28. The first-order valence-electron chi connectivity index (χ1n) is 7.53. The summed E-state index contributed by atoms with van der Waals surface area (Å²) in [5, 5.41) is 7.42. The fraction of sp³-hybridized carbons (Fsp3) is 0.412. The molecule has 0 atom stereocenters. The van der Waals surface area contributed by atoms with Crippen LogP contribution >= 0.6 is 0 Å². The molecule has 110 valence electrons. The van der Waals surface area contributed by atoms with Crippen LogP contribution in [0.5, 0.6) is 0 Å². The summed E-state index contributed by atoms with van der Waals surface area (Å²) in [6, 6.07) is 8.44. The lowest BCUT2D eigenvalue weighted by atomic mass is 10.1. The first kappa shape index (κ1) is 13.9. The molecule has 0 radical (unpaired) electrons. The van der Waals surface area contributed by atoms with E-state index in [1.54, 1.807) is 0 Å². The highest BCUT2D eigenvalue weighted by atomic mass is 16.2. The predicted molar refractivity (Wildman–Crippen MR) is 85.4 cm³/mol. The monoisotopic (exact) mass is 283 g/mol. The molecule has 0 unspecified atom stereocenters. The third kappa shape index (κ3) is 3.32. The minimum atomic E-state index is 0.190. The predicted octanol–water partition coefficient (Wildman–Crippen LogP) is 2.79. The van der Waals surface area contributed by atoms with Crippen LogP contribution in [-0.4, -0.2) is 24.0 Å². The van der Waals surface area contributed by atoms with Crippen molar-refractivity contribution in [3.63, 3.8) is 0 Å². The van der Waals surface area contributed by atoms with Crippen LogP contribution in [0.3, 0.4) is 0 Å². The molecule has 1 aromatic heterocycles. The van der Waals surface area contributed by atoms with Crippen molar-refractivity contribution in [3.8, 4) is 0 Å². The van der Waals surface area contributed by atoms with Gasteiger partial charge in [0, 0.05) is 24.4 Å². The number of pyridine rings is 1. The number of benzene rings is 1. The number of nitrogens with one attached hydrogen (secondary N) is 2. The number of fused-ring (bicyclic) bond motifs is 1. The maximum atomic E-state index is 11.5. The Morgan fingerprint density at radius 2 is 2.05 bits per heavy atom. The third-order valence-corrected chi connectivity index (χ3v) is 3.83. The number of anilines is 1. The number of rotatable bonds is 5. The Morgan fingerprint density at radius 3 is 2.81 bits per heavy atom. The van der Waals surface area contributed by atoms with Gasteiger partial charge in [-0.1, -0.05) is 12.1 Å². The van der Waals surface area contributed by atoms with Crippen molar-refractivity contribution >= 4 is 22.6 Å². The van der Waals surface area contributed by atoms with Crippen molar-refractivity contribution in [1.82, 2.24) is 10.3 Å². The highest BCUT2D eigenvalue weighted by Crippen LogP contribution is 2.28. The van der Waals surface area contributed by atoms with Crippen LogP contribution in [0.4, 0.5) is 5.82 Å². The van der Waals surface area contributed by atoms with Crippen molar-refractivity contribution in [3.05, 3.63) is 35.4 Å². The maximum absolute atomic E-state index is 11.5. The van der Waals surface area contributed by atoms with Crippen LogP contribution in [0.15, 0.2) is 24.3 Å². The smallest absolute Gasteiger partial charge is 0.223 e. The molecule has 1 saturated carbocycles. The number of aromatic nitrogens is 1. The second-order valence-corrected chi connectivity index (χ2v) is 5.84. The summed E-state index contributed by atoms with van der Waals surface area (Å²) in [5.74, 6) is 1.36. The Kier molecular flexibility index (Phi) is 3.78. The molecule has 0 spiro atoms. The van der Waals surface area contributed by atoms with Crippen LogP contribution in [0.1, 0.15) is 24.0 Å². The van der Waals surface area contributed by atoms with Crippen LogP contribution in [0.25, 0.3) is 10.9 Å². The summed E-state index contributed by atoms with van der Waals surface area (Å²) in [6.07, 6.45) is 2.09. The average molecular weight is 283 g/mol. The van der Waals surface area contributed by atoms with Crippen molar-refractivity contribution in [2.45, 2.75) is 26.7 Å². The molecule has 0 aliphatic heterocycles. The minimum Gasteiger partial charge on any atom is -0.368 e. The van der Waals surface area contributed by atoms with Gasteiger partial charge >= 0.3 is 0 Å². The summed E-state index contributed by atoms with van der Waals surface area (Å²) >= 11 is 0. The van der Waals surface area contributed by atoms with Crippen LogP contribution in [-0.2, 0) is 4.79 Å². The maximum Gasteiger partial charge on any atom is 0.223 e. The lowest BCUT2D eigenvalue weighted by Gasteiger charge is -2.11. The molecule has 1 amide bonds. The second kappa shape index (κ2) is 5.72. The molecule has 4 heteroatoms. The Balaban J connectivity index is 1.62. The Bertz CT molecular complexity index is 677. The fourth-order valence-electron chi connectivity index (χ4n) is 2.42. The number of hydrogen-bond acceptors (Lipinski definition) is 3. The fourth-order valence-corrected chi connectivity index (χ4v) is 2.42. The molecule has 21 heavy (non-hydrogen) atoms. The first-order chi connectivity index (χ1) is 10.1. The van der Waals surface area contributed by atoms with Gasteiger partial charge in [0.15, 0.2) is 0 Å². The van der Waals surface area contributed by atoms with Crippen LogP contribution in [0.2, 0.25) is 0 Å². The topological polar surface area (TPSA) is 54.0 Å². The van der Waals surface area contributed by atoms with E-state index < -0.39 is 0 Å². The number of nitrogens with zero attached hydrogens (tertiary/aromatic N) is 1. The number of carbonyl (C=O) groups excluding carboxylic acids is 1. The lowest BCUT2D eigenvalue weighted by molar-refractivity contribution is -0.122. The van der Waals surface area contributed by atoms with Gasteiger partial charge in [0.25, 0.3) is 0 Å². The summed E-state index contributed by atoms with van der Waals surface area (Å²) in [4.78, 5) is 16.2. The molecule has 1 heterocycles. The normalized spacial score (nSPS) is 14.2. The van der Waals surface area contributed by atoms with Gasteiger partial charge in [-0.3, -0.25) is 4.79 Å². The van der Waals surface area contributed by atoms with E-state index in [0.717, 1.165) is 35.1 Å². The van der Waals surface area contributed by atoms with Gasteiger partial charge < -0.3 is 10.6 Å². The molecule has 2 N–H and O–H groups in total. The minimum absolute atomic E-state index is 0.190. The Labute approximate surface area is 125 Å². The molecule has 1 aromatic carbocycles. The quantitative estimate of drug-likeness (QED) is 0.830. The molecule has 1 aliphatic rings. The standard InChI is InChI=1S/C17H21N3O/c1-11-3-4-14-10-12(2)16(20-15(14)9-11)18-7-8-19-17(21)13-5-6-13/h3-4,9-10,13H,5-8H2,1-2H3,(H,18,20)(H,19,21). The van der Waals surface area contributed by atoms with Crippen molar-refractivity contribution in [1.29, 1.82) is 0 Å². The van der Waals surface area contributed by atoms with Gasteiger partial charge in [0.1, 0.15) is 5.82 Å². The van der Waals surface area contributed by atoms with E-state index in [4.69, 9.17) is 0 Å². The number of aryl methyl sites for hydroxylation is 2. The number of carbonyl (C=O) groups is 1. The zero-order valence-electron chi connectivity index (χ0n) is 12.6. The van der Waals surface area contributed by atoms with Gasteiger partial charge in [-0.05, 0) is 49.9 Å². The van der Waals surface area contributed by atoms with Crippen LogP contribution in [0, 0.1) is 19.8 Å². The lowest BCUT2D eigenvalue weighted by Crippen LogP contribution is -2.30. The summed E-state index contributed by atoms with van der Waals surface area (Å²) in [6.45, 7) is 5.46. The van der Waals surface area contributed by atoms with E-state index in [9.17, 15) is 4.79 Å². The SMILES string of the molecule is Cc1ccc2cc(C)c(NCCNC(=O)C3CC3)nc2c1. The average Bonchev–Trinajstić information content (AvgIpc) is 3.28. The number of hydrogen-bond donors (Lipinski definition) is 2. The molecule has 3 rings (SSSR count). The van der Waals surface area contributed by atoms with Crippen molar-refractivity contribution in [2.75, 3.05) is 18.4 Å². The Morgan fingerprint density at radius 1 is 1.24 bits per heavy atom. The zero-order chi connectivity index (χ0) is 14.8. The summed E-state index contributed by atoms with van der Waals surface area (Å²) in [7, 11) is 0. The van der Waals surface area contributed by atoms with E-state index in [1.165, 1.54) is 5.56 Å². The van der Waals surface area contributed by atoms with Crippen LogP contribution < -0.4 is 10.6 Å². The van der Waals surface area contributed by atoms with E-state index in [1.807, 2.05) is 0 Å². The number of amides is 1. The third-order valence-electron chi connectivity index (χ3n) is 3.83. The summed E-state index contributed by atoms with van der Waals surface area (Å²) < 4.78 is 0. The van der Waals surface area contributed by atoms with E-state index in [-0.39, 0.29) is 11.8 Å². The molecule has 2 aromatic rings. The first-order valence-corrected chi connectivity index (χ1v) is 7.53. The molecule has 1 aliphatic carbocycles. The van der Waals surface area contributed by atoms with Crippen molar-refractivity contribution in [2.24, 2.45) is 5.92 Å². The summed E-state index contributed by atoms with van der Waals surface area (Å²) in [5.41, 5.74) is 3.34. The van der Waals surface area contributed by atoms with Gasteiger partial charge in [0.05, 0.1) is 5.52 Å². The van der Waals surface area contributed by atoms with E-state index in [0.29, 0.717) is 13.1 Å². The molecule has 0 saturated heterocycles. The van der Waals surface area contributed by atoms with Gasteiger partial charge in [-0.25, -0.2) is 4.98 Å². The molecular formula is C17H21N3O. The molecule has 1 fully saturated rings. The largest absolute Gasteiger partial charge is 0.368 e. The van der Waals surface area contributed by atoms with E-state index in [2.05, 4.69) is 53.7 Å². The van der Waals surface area contributed by atoms with Gasteiger partial charge in [-0.15, -0.1) is 0 Å². The van der Waals surface area contributed by atoms with Crippen molar-refractivity contribution < 1.29 is 4.79 Å². The zero-order valence-corrected chi connectivity index (χ0v) is 12.6. The van der Waals surface area contributed by atoms with E-state index >= 15 is 0 Å². The van der Waals surface area contributed by atoms with Gasteiger partial charge in [-0.2, -0.15) is 0 Å². The molecular weight excluding hydrogens is 262 g/mol. The van der Waals surface area contributed by atoms with Gasteiger partial charge in [0.2, 0.25) is 5.91 Å². The Hall–Kier alpha value is -2.10.